The lowest BCUT2D eigenvalue weighted by Gasteiger charge is -2.37. The molecule has 2 atom stereocenters. The highest BCUT2D eigenvalue weighted by atomic mass is 79.9. The summed E-state index contributed by atoms with van der Waals surface area (Å²) in [6, 6.07) is 5.84. The second kappa shape index (κ2) is 6.16. The van der Waals surface area contributed by atoms with Crippen LogP contribution in [0.1, 0.15) is 19.3 Å². The van der Waals surface area contributed by atoms with Gasteiger partial charge in [0.15, 0.2) is 0 Å². The lowest BCUT2D eigenvalue weighted by atomic mass is 9.91. The molecule has 0 radical (unpaired) electrons. The Morgan fingerprint density at radius 2 is 2.35 bits per heavy atom. The van der Waals surface area contributed by atoms with E-state index >= 15 is 0 Å². The molecule has 2 aliphatic rings. The maximum Gasteiger partial charge on any atom is 0.134 e. The summed E-state index contributed by atoms with van der Waals surface area (Å²) in [5, 5.41) is 0. The van der Waals surface area contributed by atoms with Crippen LogP contribution in [0.2, 0.25) is 0 Å². The van der Waals surface area contributed by atoms with Crippen LogP contribution in [0.4, 0.5) is 0 Å². The maximum absolute atomic E-state index is 6.18. The Labute approximate surface area is 132 Å². The molecule has 0 N–H and O–H groups in total. The van der Waals surface area contributed by atoms with Crippen molar-refractivity contribution in [1.82, 2.24) is 0 Å². The van der Waals surface area contributed by atoms with E-state index in [4.69, 9.17) is 14.2 Å². The maximum atomic E-state index is 6.18. The fraction of sp³-hybridized carbons (Fsp3) is 0.600. The molecule has 20 heavy (non-hydrogen) atoms. The summed E-state index contributed by atoms with van der Waals surface area (Å²) in [4.78, 5) is 0. The smallest absolute Gasteiger partial charge is 0.134 e. The van der Waals surface area contributed by atoms with Crippen molar-refractivity contribution in [2.75, 3.05) is 25.2 Å². The first kappa shape index (κ1) is 14.5. The number of rotatable bonds is 3. The van der Waals surface area contributed by atoms with Crippen molar-refractivity contribution in [3.63, 3.8) is 0 Å². The van der Waals surface area contributed by atoms with Gasteiger partial charge in [0.1, 0.15) is 17.6 Å². The van der Waals surface area contributed by atoms with E-state index in [1.54, 1.807) is 7.11 Å². The third-order valence-electron chi connectivity index (χ3n) is 3.95. The van der Waals surface area contributed by atoms with Gasteiger partial charge in [0.2, 0.25) is 0 Å². The van der Waals surface area contributed by atoms with Crippen molar-refractivity contribution in [3.8, 4) is 11.5 Å². The van der Waals surface area contributed by atoms with Gasteiger partial charge in [-0.25, -0.2) is 0 Å². The van der Waals surface area contributed by atoms with Crippen LogP contribution in [0.3, 0.4) is 0 Å². The third kappa shape index (κ3) is 3.10. The highest BCUT2D eigenvalue weighted by molar-refractivity contribution is 9.10. The van der Waals surface area contributed by atoms with Crippen LogP contribution in [0, 0.1) is 0 Å². The highest BCUT2D eigenvalue weighted by Gasteiger charge is 2.41. The average molecular weight is 359 g/mol. The zero-order chi connectivity index (χ0) is 14.0. The molecule has 2 aliphatic heterocycles. The summed E-state index contributed by atoms with van der Waals surface area (Å²) >= 11 is 5.54. The summed E-state index contributed by atoms with van der Waals surface area (Å²) < 4.78 is 18.4. The quantitative estimate of drug-likeness (QED) is 0.818. The number of ether oxygens (including phenoxy) is 3. The Balaban J connectivity index is 1.68. The molecule has 3 rings (SSSR count). The second-order valence-electron chi connectivity index (χ2n) is 5.36. The zero-order valence-electron chi connectivity index (χ0n) is 11.6. The van der Waals surface area contributed by atoms with E-state index in [1.165, 1.54) is 5.75 Å². The summed E-state index contributed by atoms with van der Waals surface area (Å²) in [6.45, 7) is 0.805. The fourth-order valence-corrected chi connectivity index (χ4v) is 4.66. The lowest BCUT2D eigenvalue weighted by Crippen LogP contribution is -2.43. The molecule has 2 saturated heterocycles. The Hall–Kier alpha value is -0.390. The van der Waals surface area contributed by atoms with Crippen LogP contribution in [-0.4, -0.2) is 36.9 Å². The average Bonchev–Trinajstić information content (AvgIpc) is 2.89. The summed E-state index contributed by atoms with van der Waals surface area (Å²) in [5.41, 5.74) is 0.0620. The summed E-state index contributed by atoms with van der Waals surface area (Å²) in [6.07, 6.45) is 3.36. The first-order valence-electron chi connectivity index (χ1n) is 6.93. The molecule has 3 nitrogen and oxygen atoms in total. The van der Waals surface area contributed by atoms with Crippen molar-refractivity contribution in [1.29, 1.82) is 0 Å². The minimum Gasteiger partial charge on any atom is -0.497 e. The molecule has 2 heterocycles. The topological polar surface area (TPSA) is 27.7 Å². The molecule has 0 amide bonds. The molecule has 1 aromatic carbocycles. The predicted octanol–water partition coefficient (Wildman–Crippen LogP) is 3.89. The van der Waals surface area contributed by atoms with Gasteiger partial charge >= 0.3 is 0 Å². The van der Waals surface area contributed by atoms with Crippen molar-refractivity contribution >= 4 is 27.7 Å². The Morgan fingerprint density at radius 3 is 3.05 bits per heavy atom. The summed E-state index contributed by atoms with van der Waals surface area (Å²) in [5.74, 6) is 4.04. The van der Waals surface area contributed by atoms with Gasteiger partial charge in [0.25, 0.3) is 0 Å². The zero-order valence-corrected chi connectivity index (χ0v) is 14.0. The second-order valence-corrected chi connectivity index (χ2v) is 7.32. The minimum atomic E-state index is 0.0620. The molecule has 1 spiro atoms. The molecule has 2 unspecified atom stereocenters. The normalized spacial score (nSPS) is 29.6. The molecule has 110 valence electrons. The molecular formula is C15H19BrO3S. The van der Waals surface area contributed by atoms with Crippen molar-refractivity contribution in [2.24, 2.45) is 0 Å². The fourth-order valence-electron chi connectivity index (χ4n) is 2.83. The van der Waals surface area contributed by atoms with E-state index in [9.17, 15) is 0 Å². The number of hydrogen-bond acceptors (Lipinski definition) is 4. The van der Waals surface area contributed by atoms with E-state index in [1.807, 2.05) is 30.0 Å². The third-order valence-corrected chi connectivity index (χ3v) is 5.79. The van der Waals surface area contributed by atoms with Gasteiger partial charge < -0.3 is 14.2 Å². The Bertz CT molecular complexity index is 474. The van der Waals surface area contributed by atoms with Gasteiger partial charge in [-0.3, -0.25) is 0 Å². The van der Waals surface area contributed by atoms with Crippen molar-refractivity contribution < 1.29 is 14.2 Å². The molecule has 0 aliphatic carbocycles. The van der Waals surface area contributed by atoms with E-state index in [0.717, 1.165) is 47.6 Å². The molecular weight excluding hydrogens is 340 g/mol. The monoisotopic (exact) mass is 358 g/mol. The van der Waals surface area contributed by atoms with Gasteiger partial charge in [0.05, 0.1) is 23.8 Å². The van der Waals surface area contributed by atoms with Crippen LogP contribution in [0.5, 0.6) is 11.5 Å². The van der Waals surface area contributed by atoms with E-state index in [-0.39, 0.29) is 11.7 Å². The minimum absolute atomic E-state index is 0.0620. The van der Waals surface area contributed by atoms with Crippen LogP contribution in [0.25, 0.3) is 0 Å². The molecule has 0 aromatic heterocycles. The molecule has 0 bridgehead atoms. The molecule has 0 saturated carbocycles. The Kier molecular flexibility index (Phi) is 4.48. The van der Waals surface area contributed by atoms with E-state index in [0.29, 0.717) is 0 Å². The van der Waals surface area contributed by atoms with Gasteiger partial charge in [0, 0.05) is 18.6 Å². The SMILES string of the molecule is COc1ccc(OC2CCOC3(CCSC3)C2)c(Br)c1. The van der Waals surface area contributed by atoms with E-state index < -0.39 is 0 Å². The number of halogens is 1. The number of benzene rings is 1. The van der Waals surface area contributed by atoms with Gasteiger partial charge in [-0.15, -0.1) is 0 Å². The van der Waals surface area contributed by atoms with Crippen LogP contribution >= 0.6 is 27.7 Å². The standard InChI is InChI=1S/C15H19BrO3S/c1-17-11-2-3-14(13(16)8-11)19-12-4-6-18-15(9-12)5-7-20-10-15/h2-3,8,12H,4-7,9-10H2,1H3. The lowest BCUT2D eigenvalue weighted by molar-refractivity contribution is -0.0960. The van der Waals surface area contributed by atoms with Crippen LogP contribution < -0.4 is 9.47 Å². The van der Waals surface area contributed by atoms with Gasteiger partial charge in [-0.05, 0) is 46.3 Å². The first-order valence-corrected chi connectivity index (χ1v) is 8.87. The largest absolute Gasteiger partial charge is 0.497 e. The number of methoxy groups -OCH3 is 1. The van der Waals surface area contributed by atoms with Crippen molar-refractivity contribution in [3.05, 3.63) is 22.7 Å². The van der Waals surface area contributed by atoms with Crippen LogP contribution in [0.15, 0.2) is 22.7 Å². The van der Waals surface area contributed by atoms with E-state index in [2.05, 4.69) is 15.9 Å². The predicted molar refractivity (Wildman–Crippen MR) is 85.0 cm³/mol. The number of hydrogen-bond donors (Lipinski definition) is 0. The molecule has 2 fully saturated rings. The Morgan fingerprint density at radius 1 is 1.45 bits per heavy atom. The number of thioether (sulfide) groups is 1. The first-order chi connectivity index (χ1) is 9.71. The molecule has 1 aromatic rings. The van der Waals surface area contributed by atoms with Gasteiger partial charge in [-0.1, -0.05) is 0 Å². The van der Waals surface area contributed by atoms with Crippen LogP contribution in [-0.2, 0) is 4.74 Å². The van der Waals surface area contributed by atoms with Gasteiger partial charge in [-0.2, -0.15) is 11.8 Å². The van der Waals surface area contributed by atoms with Crippen molar-refractivity contribution in [2.45, 2.75) is 31.0 Å². The molecule has 5 heteroatoms. The summed E-state index contributed by atoms with van der Waals surface area (Å²) in [7, 11) is 1.67. The highest BCUT2D eigenvalue weighted by Crippen LogP contribution is 2.40.